The number of rotatable bonds is 9. The molecule has 0 spiro atoms. The molecule has 0 fully saturated rings. The standard InChI is InChI=1S/C25H22BrIN6OS/c1-17-12-20(27)10-11-22(17)28-15-23-30-32-25(33(23)21-8-3-2-4-9-21)35-16-24(34)31-29-14-18-6-5-7-19(26)13-18/h2-14,28H,15-16H2,1H3,(H,31,34)/b29-14+. The van der Waals surface area contributed by atoms with E-state index >= 15 is 0 Å². The van der Waals surface area contributed by atoms with Gasteiger partial charge in [0.1, 0.15) is 0 Å². The lowest BCUT2D eigenvalue weighted by atomic mass is 10.2. The zero-order valence-corrected chi connectivity index (χ0v) is 23.3. The Morgan fingerprint density at radius 1 is 1.11 bits per heavy atom. The van der Waals surface area contributed by atoms with Gasteiger partial charge in [-0.15, -0.1) is 10.2 Å². The van der Waals surface area contributed by atoms with Crippen LogP contribution < -0.4 is 10.7 Å². The van der Waals surface area contributed by atoms with E-state index in [0.717, 1.165) is 32.8 Å². The van der Waals surface area contributed by atoms with Crippen LogP contribution in [0.3, 0.4) is 0 Å². The Hall–Kier alpha value is -2.70. The highest BCUT2D eigenvalue weighted by molar-refractivity contribution is 14.1. The molecule has 0 saturated heterocycles. The summed E-state index contributed by atoms with van der Waals surface area (Å²) >= 11 is 7.04. The minimum Gasteiger partial charge on any atom is -0.378 e. The van der Waals surface area contributed by atoms with Crippen molar-refractivity contribution in [3.8, 4) is 5.69 Å². The fraction of sp³-hybridized carbons (Fsp3) is 0.120. The van der Waals surface area contributed by atoms with Gasteiger partial charge in [0, 0.05) is 19.4 Å². The van der Waals surface area contributed by atoms with E-state index in [0.29, 0.717) is 11.7 Å². The third-order valence-corrected chi connectivity index (χ3v) is 7.02. The van der Waals surface area contributed by atoms with Gasteiger partial charge in [-0.1, -0.05) is 58.0 Å². The maximum atomic E-state index is 12.4. The normalized spacial score (nSPS) is 11.1. The van der Waals surface area contributed by atoms with Gasteiger partial charge in [0.25, 0.3) is 5.91 Å². The van der Waals surface area contributed by atoms with Crippen LogP contribution in [0.4, 0.5) is 5.69 Å². The van der Waals surface area contributed by atoms with E-state index in [1.54, 1.807) is 6.21 Å². The molecule has 0 radical (unpaired) electrons. The lowest BCUT2D eigenvalue weighted by Crippen LogP contribution is -2.20. The number of aromatic nitrogens is 3. The number of aryl methyl sites for hydroxylation is 1. The zero-order chi connectivity index (χ0) is 24.6. The van der Waals surface area contributed by atoms with Crippen LogP contribution in [0.5, 0.6) is 0 Å². The van der Waals surface area contributed by atoms with Crippen molar-refractivity contribution in [1.29, 1.82) is 0 Å². The smallest absolute Gasteiger partial charge is 0.250 e. The van der Waals surface area contributed by atoms with Gasteiger partial charge in [-0.3, -0.25) is 9.36 Å². The van der Waals surface area contributed by atoms with Gasteiger partial charge in [-0.2, -0.15) is 5.10 Å². The molecule has 0 saturated carbocycles. The summed E-state index contributed by atoms with van der Waals surface area (Å²) < 4.78 is 4.11. The van der Waals surface area contributed by atoms with Gasteiger partial charge < -0.3 is 5.32 Å². The van der Waals surface area contributed by atoms with E-state index in [9.17, 15) is 4.79 Å². The lowest BCUT2D eigenvalue weighted by molar-refractivity contribution is -0.118. The molecule has 2 N–H and O–H groups in total. The number of nitrogens with zero attached hydrogens (tertiary/aromatic N) is 4. The van der Waals surface area contributed by atoms with Crippen LogP contribution in [0.25, 0.3) is 5.69 Å². The average molecular weight is 661 g/mol. The van der Waals surface area contributed by atoms with Crippen molar-refractivity contribution in [1.82, 2.24) is 20.2 Å². The number of halogens is 2. The second-order valence-electron chi connectivity index (χ2n) is 7.52. The second kappa shape index (κ2) is 12.3. The monoisotopic (exact) mass is 660 g/mol. The molecule has 0 atom stereocenters. The molecule has 0 unspecified atom stereocenters. The van der Waals surface area contributed by atoms with Crippen molar-refractivity contribution in [2.24, 2.45) is 5.10 Å². The van der Waals surface area contributed by atoms with E-state index in [1.165, 1.54) is 15.3 Å². The first-order valence-corrected chi connectivity index (χ1v) is 13.6. The minimum atomic E-state index is -0.224. The molecule has 0 aliphatic heterocycles. The summed E-state index contributed by atoms with van der Waals surface area (Å²) in [5.41, 5.74) is 6.60. The molecule has 0 aliphatic rings. The quantitative estimate of drug-likeness (QED) is 0.103. The Kier molecular flexibility index (Phi) is 8.94. The molecule has 3 aromatic carbocycles. The fourth-order valence-corrected chi connectivity index (χ4v) is 5.10. The molecular formula is C25H22BrIN6OS. The first-order chi connectivity index (χ1) is 17.0. The van der Waals surface area contributed by atoms with Crippen LogP contribution in [0.1, 0.15) is 17.0 Å². The minimum absolute atomic E-state index is 0.157. The zero-order valence-electron chi connectivity index (χ0n) is 18.8. The van der Waals surface area contributed by atoms with Crippen molar-refractivity contribution >= 4 is 68.1 Å². The number of thioether (sulfide) groups is 1. The van der Waals surface area contributed by atoms with E-state index in [1.807, 2.05) is 59.2 Å². The molecule has 0 aliphatic carbocycles. The lowest BCUT2D eigenvalue weighted by Gasteiger charge is -2.12. The van der Waals surface area contributed by atoms with Crippen LogP contribution in [0.2, 0.25) is 0 Å². The predicted octanol–water partition coefficient (Wildman–Crippen LogP) is 5.80. The van der Waals surface area contributed by atoms with E-state index in [4.69, 9.17) is 0 Å². The Morgan fingerprint density at radius 3 is 2.71 bits per heavy atom. The number of benzene rings is 3. The summed E-state index contributed by atoms with van der Waals surface area (Å²) in [6.07, 6.45) is 1.61. The van der Waals surface area contributed by atoms with Crippen LogP contribution >= 0.6 is 50.3 Å². The Labute approximate surface area is 230 Å². The first-order valence-electron chi connectivity index (χ1n) is 10.7. The average Bonchev–Trinajstić information content (AvgIpc) is 3.25. The van der Waals surface area contributed by atoms with Gasteiger partial charge in [-0.25, -0.2) is 5.43 Å². The van der Waals surface area contributed by atoms with Gasteiger partial charge in [0.05, 0.1) is 18.5 Å². The van der Waals surface area contributed by atoms with Gasteiger partial charge in [0.2, 0.25) is 0 Å². The summed E-state index contributed by atoms with van der Waals surface area (Å²) in [7, 11) is 0. The number of nitrogens with one attached hydrogen (secondary N) is 2. The van der Waals surface area contributed by atoms with Gasteiger partial charge >= 0.3 is 0 Å². The van der Waals surface area contributed by atoms with Crippen LogP contribution in [0, 0.1) is 10.5 Å². The van der Waals surface area contributed by atoms with Gasteiger partial charge in [0.15, 0.2) is 11.0 Å². The van der Waals surface area contributed by atoms with Crippen LogP contribution in [-0.2, 0) is 11.3 Å². The van der Waals surface area contributed by atoms with E-state index in [2.05, 4.69) is 89.7 Å². The Morgan fingerprint density at radius 2 is 1.94 bits per heavy atom. The number of carbonyl (C=O) groups excluding carboxylic acids is 1. The third kappa shape index (κ3) is 7.15. The Bertz CT molecular complexity index is 1350. The number of carbonyl (C=O) groups is 1. The molecule has 178 valence electrons. The Balaban J connectivity index is 1.44. The topological polar surface area (TPSA) is 84.2 Å². The number of hydrogen-bond donors (Lipinski definition) is 2. The van der Waals surface area contributed by atoms with Crippen molar-refractivity contribution < 1.29 is 4.79 Å². The van der Waals surface area contributed by atoms with E-state index < -0.39 is 0 Å². The van der Waals surface area contributed by atoms with Crippen LogP contribution in [0.15, 0.2) is 87.5 Å². The maximum absolute atomic E-state index is 12.4. The highest BCUT2D eigenvalue weighted by Crippen LogP contribution is 2.24. The molecular weight excluding hydrogens is 639 g/mol. The van der Waals surface area contributed by atoms with Crippen molar-refractivity contribution in [2.75, 3.05) is 11.1 Å². The maximum Gasteiger partial charge on any atom is 0.250 e. The highest BCUT2D eigenvalue weighted by atomic mass is 127. The first kappa shape index (κ1) is 25.4. The molecule has 1 heterocycles. The number of hydrazone groups is 1. The summed E-state index contributed by atoms with van der Waals surface area (Å²) in [6.45, 7) is 2.57. The number of amides is 1. The number of anilines is 1. The fourth-order valence-electron chi connectivity index (χ4n) is 3.27. The van der Waals surface area contributed by atoms with Crippen molar-refractivity contribution in [3.63, 3.8) is 0 Å². The molecule has 10 heteroatoms. The van der Waals surface area contributed by atoms with Gasteiger partial charge in [-0.05, 0) is 83.1 Å². The molecule has 4 aromatic rings. The SMILES string of the molecule is Cc1cc(I)ccc1NCc1nnc(SCC(=O)N/N=C/c2cccc(Br)c2)n1-c1ccccc1. The molecule has 7 nitrogen and oxygen atoms in total. The van der Waals surface area contributed by atoms with E-state index in [-0.39, 0.29) is 11.7 Å². The van der Waals surface area contributed by atoms with Crippen molar-refractivity contribution in [2.45, 2.75) is 18.6 Å². The van der Waals surface area contributed by atoms with Crippen LogP contribution in [-0.4, -0.2) is 32.6 Å². The molecule has 1 amide bonds. The third-order valence-electron chi connectivity index (χ3n) is 4.92. The molecule has 1 aromatic heterocycles. The summed E-state index contributed by atoms with van der Waals surface area (Å²) in [6, 6.07) is 23.8. The number of para-hydroxylation sites is 1. The second-order valence-corrected chi connectivity index (χ2v) is 10.6. The number of hydrogen-bond acceptors (Lipinski definition) is 6. The summed E-state index contributed by atoms with van der Waals surface area (Å²) in [4.78, 5) is 12.4. The van der Waals surface area contributed by atoms with Crippen molar-refractivity contribution in [3.05, 3.63) is 97.8 Å². The summed E-state index contributed by atoms with van der Waals surface area (Å²) in [5, 5.41) is 16.9. The molecule has 35 heavy (non-hydrogen) atoms. The highest BCUT2D eigenvalue weighted by Gasteiger charge is 2.16. The summed E-state index contributed by atoms with van der Waals surface area (Å²) in [5.74, 6) is 0.688. The molecule has 4 rings (SSSR count). The molecule has 0 bridgehead atoms. The predicted molar refractivity (Wildman–Crippen MR) is 153 cm³/mol. The largest absolute Gasteiger partial charge is 0.378 e.